The van der Waals surface area contributed by atoms with Crippen molar-refractivity contribution in [3.8, 4) is 5.40 Å². The van der Waals surface area contributed by atoms with Gasteiger partial charge in [0.25, 0.3) is 0 Å². The minimum Gasteiger partial charge on any atom is -0.477 e. The summed E-state index contributed by atoms with van der Waals surface area (Å²) >= 11 is 1.77. The zero-order valence-corrected chi connectivity index (χ0v) is 8.52. The van der Waals surface area contributed by atoms with Gasteiger partial charge in [-0.3, -0.25) is 4.79 Å². The highest BCUT2D eigenvalue weighted by Gasteiger charge is 2.12. The number of nitriles is 1. The van der Waals surface area contributed by atoms with Gasteiger partial charge in [-0.15, -0.1) is 11.3 Å². The van der Waals surface area contributed by atoms with Gasteiger partial charge in [-0.25, -0.2) is 4.79 Å². The predicted molar refractivity (Wildman–Crippen MR) is 53.7 cm³/mol. The van der Waals surface area contributed by atoms with E-state index in [4.69, 9.17) is 10.4 Å². The summed E-state index contributed by atoms with van der Waals surface area (Å²) in [6, 6.07) is 2.85. The highest BCUT2D eigenvalue weighted by atomic mass is 32.2. The fraction of sp³-hybridized carbons (Fsp3) is 0.125. The minimum atomic E-state index is -1.04. The minimum absolute atomic E-state index is 0.0655. The van der Waals surface area contributed by atoms with E-state index in [0.717, 1.165) is 23.1 Å². The van der Waals surface area contributed by atoms with Crippen molar-refractivity contribution in [1.82, 2.24) is 0 Å². The maximum Gasteiger partial charge on any atom is 0.345 e. The molecule has 1 aromatic rings. The van der Waals surface area contributed by atoms with Crippen LogP contribution in [0.4, 0.5) is 0 Å². The molecule has 0 aliphatic rings. The molecular formula is C8H5NO3S2. The Morgan fingerprint density at radius 1 is 1.50 bits per heavy atom. The molecule has 0 aliphatic carbocycles. The van der Waals surface area contributed by atoms with Crippen molar-refractivity contribution >= 4 is 34.9 Å². The van der Waals surface area contributed by atoms with Gasteiger partial charge in [0.05, 0.1) is 10.6 Å². The van der Waals surface area contributed by atoms with E-state index in [-0.39, 0.29) is 16.4 Å². The molecule has 4 nitrogen and oxygen atoms in total. The van der Waals surface area contributed by atoms with Crippen LogP contribution in [0.2, 0.25) is 0 Å². The van der Waals surface area contributed by atoms with E-state index >= 15 is 0 Å². The lowest BCUT2D eigenvalue weighted by Gasteiger charge is -1.90. The molecule has 1 aromatic heterocycles. The van der Waals surface area contributed by atoms with Crippen molar-refractivity contribution < 1.29 is 14.7 Å². The van der Waals surface area contributed by atoms with Crippen molar-refractivity contribution in [1.29, 1.82) is 5.26 Å². The largest absolute Gasteiger partial charge is 0.477 e. The quantitative estimate of drug-likeness (QED) is 0.627. The first kappa shape index (κ1) is 10.8. The van der Waals surface area contributed by atoms with Crippen molar-refractivity contribution in [2.45, 2.75) is 0 Å². The van der Waals surface area contributed by atoms with Gasteiger partial charge in [0.15, 0.2) is 5.78 Å². The van der Waals surface area contributed by atoms with E-state index in [2.05, 4.69) is 0 Å². The van der Waals surface area contributed by atoms with E-state index < -0.39 is 5.97 Å². The molecule has 1 heterocycles. The topological polar surface area (TPSA) is 78.2 Å². The van der Waals surface area contributed by atoms with E-state index in [9.17, 15) is 9.59 Å². The summed E-state index contributed by atoms with van der Waals surface area (Å²) in [6.45, 7) is 0. The maximum atomic E-state index is 11.3. The molecule has 0 atom stereocenters. The van der Waals surface area contributed by atoms with Crippen LogP contribution in [0.1, 0.15) is 19.3 Å². The van der Waals surface area contributed by atoms with Crippen LogP contribution in [0, 0.1) is 10.7 Å². The fourth-order valence-corrected chi connectivity index (χ4v) is 2.00. The van der Waals surface area contributed by atoms with E-state index in [1.54, 1.807) is 5.40 Å². The number of thiocyanates is 1. The van der Waals surface area contributed by atoms with Crippen LogP contribution in [-0.2, 0) is 0 Å². The van der Waals surface area contributed by atoms with Crippen molar-refractivity contribution in [2.24, 2.45) is 0 Å². The maximum absolute atomic E-state index is 11.3. The highest BCUT2D eigenvalue weighted by Crippen LogP contribution is 2.18. The van der Waals surface area contributed by atoms with Crippen LogP contribution in [0.5, 0.6) is 0 Å². The number of nitrogens with zero attached hydrogens (tertiary/aromatic N) is 1. The van der Waals surface area contributed by atoms with Gasteiger partial charge in [-0.2, -0.15) is 5.26 Å². The van der Waals surface area contributed by atoms with Crippen LogP contribution in [0.25, 0.3) is 0 Å². The zero-order chi connectivity index (χ0) is 10.6. The average Bonchev–Trinajstić information content (AvgIpc) is 2.62. The summed E-state index contributed by atoms with van der Waals surface area (Å²) in [7, 11) is 0. The number of carbonyl (C=O) groups excluding carboxylic acids is 1. The average molecular weight is 227 g/mol. The smallest absolute Gasteiger partial charge is 0.345 e. The number of rotatable bonds is 4. The number of carbonyl (C=O) groups is 2. The molecule has 0 fully saturated rings. The second kappa shape index (κ2) is 4.79. The molecular weight excluding hydrogens is 222 g/mol. The van der Waals surface area contributed by atoms with Gasteiger partial charge in [0, 0.05) is 0 Å². The molecule has 0 aliphatic heterocycles. The molecule has 0 amide bonds. The third-order valence-electron chi connectivity index (χ3n) is 1.36. The van der Waals surface area contributed by atoms with Crippen molar-refractivity contribution in [3.63, 3.8) is 0 Å². The van der Waals surface area contributed by atoms with E-state index in [0.29, 0.717) is 4.88 Å². The Kier molecular flexibility index (Phi) is 3.68. The molecule has 1 rings (SSSR count). The summed E-state index contributed by atoms with van der Waals surface area (Å²) in [5.41, 5.74) is 0. The number of thioether (sulfide) groups is 1. The molecule has 14 heavy (non-hydrogen) atoms. The van der Waals surface area contributed by atoms with Gasteiger partial charge >= 0.3 is 5.97 Å². The first-order chi connectivity index (χ1) is 6.65. The summed E-state index contributed by atoms with van der Waals surface area (Å²) in [4.78, 5) is 22.3. The Morgan fingerprint density at radius 3 is 2.64 bits per heavy atom. The summed E-state index contributed by atoms with van der Waals surface area (Å²) in [5, 5.41) is 18.6. The van der Waals surface area contributed by atoms with Crippen LogP contribution in [0.3, 0.4) is 0 Å². The molecule has 0 bridgehead atoms. The Hall–Kier alpha value is -1.32. The highest BCUT2D eigenvalue weighted by molar-refractivity contribution is 8.04. The number of thiophene rings is 1. The summed E-state index contributed by atoms with van der Waals surface area (Å²) in [6.07, 6.45) is 0. The number of aromatic carboxylic acids is 1. The lowest BCUT2D eigenvalue weighted by atomic mass is 10.3. The molecule has 0 saturated heterocycles. The van der Waals surface area contributed by atoms with Gasteiger partial charge in [0.2, 0.25) is 0 Å². The number of carboxylic acid groups (broad SMARTS) is 1. The molecule has 0 aromatic carbocycles. The lowest BCUT2D eigenvalue weighted by molar-refractivity contribution is 0.0702. The number of Topliss-reactive ketones (excluding diaryl/α,β-unsaturated/α-hetero) is 1. The normalized spacial score (nSPS) is 9.36. The second-order valence-electron chi connectivity index (χ2n) is 2.27. The molecule has 0 saturated carbocycles. The summed E-state index contributed by atoms with van der Waals surface area (Å²) in [5.74, 6) is -1.19. The van der Waals surface area contributed by atoms with Gasteiger partial charge < -0.3 is 5.11 Å². The zero-order valence-electron chi connectivity index (χ0n) is 6.89. The molecule has 0 radical (unpaired) electrons. The number of hydrogen-bond donors (Lipinski definition) is 1. The van der Waals surface area contributed by atoms with Crippen LogP contribution in [-0.4, -0.2) is 22.6 Å². The third kappa shape index (κ3) is 2.58. The SMILES string of the molecule is N#CSCC(=O)c1ccc(C(=O)O)s1. The van der Waals surface area contributed by atoms with Gasteiger partial charge in [-0.1, -0.05) is 0 Å². The van der Waals surface area contributed by atoms with Crippen LogP contribution < -0.4 is 0 Å². The third-order valence-corrected chi connectivity index (χ3v) is 3.01. The molecule has 1 N–H and O–H groups in total. The Bertz CT molecular complexity index is 405. The lowest BCUT2D eigenvalue weighted by Crippen LogP contribution is -1.98. The van der Waals surface area contributed by atoms with E-state index in [1.165, 1.54) is 12.1 Å². The predicted octanol–water partition coefficient (Wildman–Crippen LogP) is 1.84. The second-order valence-corrected chi connectivity index (χ2v) is 4.12. The number of carboxylic acids is 1. The first-order valence-corrected chi connectivity index (χ1v) is 5.32. The standard InChI is InChI=1S/C8H5NO3S2/c9-4-13-3-5(10)6-1-2-7(14-6)8(11)12/h1-2H,3H2,(H,11,12). The monoisotopic (exact) mass is 227 g/mol. The molecule has 6 heteroatoms. The fourth-order valence-electron chi connectivity index (χ4n) is 0.772. The van der Waals surface area contributed by atoms with Crippen LogP contribution in [0.15, 0.2) is 12.1 Å². The van der Waals surface area contributed by atoms with E-state index in [1.807, 2.05) is 0 Å². The molecule has 0 unspecified atom stereocenters. The Morgan fingerprint density at radius 2 is 2.14 bits per heavy atom. The van der Waals surface area contributed by atoms with Gasteiger partial charge in [0.1, 0.15) is 10.3 Å². The Labute approximate surface area is 88.2 Å². The number of hydrogen-bond acceptors (Lipinski definition) is 5. The Balaban J connectivity index is 2.72. The van der Waals surface area contributed by atoms with Gasteiger partial charge in [-0.05, 0) is 23.9 Å². The molecule has 0 spiro atoms. The number of ketones is 1. The van der Waals surface area contributed by atoms with Crippen molar-refractivity contribution in [3.05, 3.63) is 21.9 Å². The summed E-state index contributed by atoms with van der Waals surface area (Å²) < 4.78 is 0. The first-order valence-electron chi connectivity index (χ1n) is 3.52. The molecule has 72 valence electrons. The van der Waals surface area contributed by atoms with Crippen molar-refractivity contribution in [2.75, 3.05) is 5.75 Å². The van der Waals surface area contributed by atoms with Crippen LogP contribution >= 0.6 is 23.1 Å².